The largest absolute Gasteiger partial charge is 0.293 e. The van der Waals surface area contributed by atoms with E-state index in [0.717, 1.165) is 5.82 Å². The molecule has 0 aliphatic carbocycles. The van der Waals surface area contributed by atoms with E-state index < -0.39 is 4.92 Å². The van der Waals surface area contributed by atoms with E-state index in [4.69, 9.17) is 0 Å². The number of non-ortho nitro benzene ring substituents is 1. The molecule has 0 aliphatic rings. The van der Waals surface area contributed by atoms with Crippen molar-refractivity contribution in [3.05, 3.63) is 70.3 Å². The van der Waals surface area contributed by atoms with Crippen molar-refractivity contribution in [2.75, 3.05) is 5.75 Å². The maximum absolute atomic E-state index is 12.2. The van der Waals surface area contributed by atoms with Gasteiger partial charge in [0.15, 0.2) is 11.6 Å². The number of thioether (sulfide) groups is 1. The van der Waals surface area contributed by atoms with Gasteiger partial charge < -0.3 is 0 Å². The van der Waals surface area contributed by atoms with Crippen LogP contribution >= 0.6 is 11.8 Å². The zero-order valence-corrected chi connectivity index (χ0v) is 14.0. The van der Waals surface area contributed by atoms with Crippen LogP contribution in [0.2, 0.25) is 0 Å². The third kappa shape index (κ3) is 3.89. The Morgan fingerprint density at radius 3 is 2.76 bits per heavy atom. The highest BCUT2D eigenvalue weighted by atomic mass is 32.2. The minimum Gasteiger partial charge on any atom is -0.293 e. The van der Waals surface area contributed by atoms with Gasteiger partial charge in [-0.1, -0.05) is 23.9 Å². The van der Waals surface area contributed by atoms with E-state index in [1.165, 1.54) is 30.0 Å². The second kappa shape index (κ2) is 7.22. The first kappa shape index (κ1) is 16.8. The molecule has 0 N–H and O–H groups in total. The number of nitro benzene ring substituents is 1. The SMILES string of the molecule is Cc1nccn1-c1ccc(SCC(=O)c2cccc([N+](=O)[O-])c2)nn1. The normalized spacial score (nSPS) is 10.6. The summed E-state index contributed by atoms with van der Waals surface area (Å²) in [6, 6.07) is 9.26. The summed E-state index contributed by atoms with van der Waals surface area (Å²) in [7, 11) is 0. The number of carbonyl (C=O) groups is 1. The van der Waals surface area contributed by atoms with Crippen LogP contribution in [0.4, 0.5) is 5.69 Å². The highest BCUT2D eigenvalue weighted by molar-refractivity contribution is 7.99. The predicted octanol–water partition coefficient (Wildman–Crippen LogP) is 2.85. The van der Waals surface area contributed by atoms with Crippen molar-refractivity contribution in [1.82, 2.24) is 19.7 Å². The van der Waals surface area contributed by atoms with E-state index in [1.807, 2.05) is 6.92 Å². The minimum atomic E-state index is -0.522. The molecule has 0 fully saturated rings. The van der Waals surface area contributed by atoms with E-state index in [9.17, 15) is 14.9 Å². The van der Waals surface area contributed by atoms with Crippen molar-refractivity contribution in [3.8, 4) is 5.82 Å². The van der Waals surface area contributed by atoms with Gasteiger partial charge in [0.2, 0.25) is 0 Å². The Kier molecular flexibility index (Phi) is 4.85. The number of Topliss-reactive ketones (excluding diaryl/α,β-unsaturated/α-hetero) is 1. The second-order valence-corrected chi connectivity index (χ2v) is 6.09. The standard InChI is InChI=1S/C16H13N5O3S/c1-11-17-7-8-20(11)15-5-6-16(19-18-15)25-10-14(22)12-3-2-4-13(9-12)21(23)24/h2-9H,10H2,1H3. The molecule has 25 heavy (non-hydrogen) atoms. The second-order valence-electron chi connectivity index (χ2n) is 5.09. The number of aromatic nitrogens is 4. The van der Waals surface area contributed by atoms with Crippen molar-refractivity contribution in [2.24, 2.45) is 0 Å². The Morgan fingerprint density at radius 1 is 1.28 bits per heavy atom. The lowest BCUT2D eigenvalue weighted by molar-refractivity contribution is -0.384. The lowest BCUT2D eigenvalue weighted by atomic mass is 10.1. The van der Waals surface area contributed by atoms with Crippen LogP contribution in [0.1, 0.15) is 16.2 Å². The molecule has 2 aromatic heterocycles. The molecular weight excluding hydrogens is 342 g/mol. The number of nitrogens with zero attached hydrogens (tertiary/aromatic N) is 5. The molecule has 1 aromatic carbocycles. The van der Waals surface area contributed by atoms with Gasteiger partial charge in [0, 0.05) is 30.1 Å². The Labute approximate surface area is 147 Å². The first-order chi connectivity index (χ1) is 12.0. The topological polar surface area (TPSA) is 104 Å². The summed E-state index contributed by atoms with van der Waals surface area (Å²) in [6.45, 7) is 1.86. The van der Waals surface area contributed by atoms with Crippen LogP contribution in [-0.2, 0) is 0 Å². The van der Waals surface area contributed by atoms with Gasteiger partial charge in [-0.15, -0.1) is 10.2 Å². The number of imidazole rings is 1. The third-order valence-corrected chi connectivity index (χ3v) is 4.35. The van der Waals surface area contributed by atoms with E-state index in [-0.39, 0.29) is 17.2 Å². The maximum atomic E-state index is 12.2. The lowest BCUT2D eigenvalue weighted by Gasteiger charge is -2.04. The van der Waals surface area contributed by atoms with Gasteiger partial charge in [0.05, 0.1) is 10.7 Å². The quantitative estimate of drug-likeness (QED) is 0.290. The van der Waals surface area contributed by atoms with Crippen molar-refractivity contribution in [3.63, 3.8) is 0 Å². The molecule has 0 bridgehead atoms. The van der Waals surface area contributed by atoms with Gasteiger partial charge in [-0.2, -0.15) is 0 Å². The Balaban J connectivity index is 1.65. The highest BCUT2D eigenvalue weighted by Gasteiger charge is 2.12. The number of hydrogen-bond donors (Lipinski definition) is 0. The molecule has 3 aromatic rings. The highest BCUT2D eigenvalue weighted by Crippen LogP contribution is 2.19. The van der Waals surface area contributed by atoms with Crippen LogP contribution in [0.5, 0.6) is 0 Å². The molecule has 8 nitrogen and oxygen atoms in total. The summed E-state index contributed by atoms with van der Waals surface area (Å²) >= 11 is 1.23. The predicted molar refractivity (Wildman–Crippen MR) is 92.0 cm³/mol. The first-order valence-corrected chi connectivity index (χ1v) is 8.27. The summed E-state index contributed by atoms with van der Waals surface area (Å²) in [5, 5.41) is 19.6. The molecule has 2 heterocycles. The molecule has 0 saturated heterocycles. The summed E-state index contributed by atoms with van der Waals surface area (Å²) in [5.41, 5.74) is 0.205. The van der Waals surface area contributed by atoms with Gasteiger partial charge in [-0.05, 0) is 19.1 Å². The first-order valence-electron chi connectivity index (χ1n) is 7.29. The fraction of sp³-hybridized carbons (Fsp3) is 0.125. The van der Waals surface area contributed by atoms with Crippen molar-refractivity contribution in [2.45, 2.75) is 11.9 Å². The number of aryl methyl sites for hydroxylation is 1. The van der Waals surface area contributed by atoms with Gasteiger partial charge in [-0.3, -0.25) is 19.5 Å². The van der Waals surface area contributed by atoms with Crippen LogP contribution in [0.25, 0.3) is 5.82 Å². The Morgan fingerprint density at radius 2 is 2.12 bits per heavy atom. The minimum absolute atomic E-state index is 0.101. The molecule has 9 heteroatoms. The number of rotatable bonds is 6. The monoisotopic (exact) mass is 355 g/mol. The fourth-order valence-electron chi connectivity index (χ4n) is 2.15. The summed E-state index contributed by atoms with van der Waals surface area (Å²) in [4.78, 5) is 26.6. The van der Waals surface area contributed by atoms with Crippen molar-refractivity contribution < 1.29 is 9.72 Å². The van der Waals surface area contributed by atoms with Crippen LogP contribution in [0.15, 0.2) is 53.8 Å². The number of benzene rings is 1. The van der Waals surface area contributed by atoms with Gasteiger partial charge in [0.1, 0.15) is 10.9 Å². The number of ketones is 1. The lowest BCUT2D eigenvalue weighted by Crippen LogP contribution is -2.04. The van der Waals surface area contributed by atoms with E-state index in [0.29, 0.717) is 16.4 Å². The summed E-state index contributed by atoms with van der Waals surface area (Å²) in [6.07, 6.45) is 3.47. The van der Waals surface area contributed by atoms with Gasteiger partial charge >= 0.3 is 0 Å². The van der Waals surface area contributed by atoms with E-state index in [1.54, 1.807) is 35.2 Å². The summed E-state index contributed by atoms with van der Waals surface area (Å²) in [5.74, 6) is 1.36. The smallest absolute Gasteiger partial charge is 0.270 e. The summed E-state index contributed by atoms with van der Waals surface area (Å²) < 4.78 is 1.80. The molecule has 0 atom stereocenters. The zero-order valence-electron chi connectivity index (χ0n) is 13.2. The van der Waals surface area contributed by atoms with Crippen molar-refractivity contribution in [1.29, 1.82) is 0 Å². The number of nitro groups is 1. The maximum Gasteiger partial charge on any atom is 0.270 e. The van der Waals surface area contributed by atoms with Crippen LogP contribution in [0, 0.1) is 17.0 Å². The van der Waals surface area contributed by atoms with Gasteiger partial charge in [-0.25, -0.2) is 4.98 Å². The van der Waals surface area contributed by atoms with E-state index >= 15 is 0 Å². The molecular formula is C16H13N5O3S. The molecule has 0 saturated carbocycles. The number of hydrogen-bond acceptors (Lipinski definition) is 7. The van der Waals surface area contributed by atoms with Crippen LogP contribution in [0.3, 0.4) is 0 Å². The van der Waals surface area contributed by atoms with Crippen molar-refractivity contribution >= 4 is 23.2 Å². The molecule has 0 radical (unpaired) electrons. The Bertz CT molecular complexity index is 924. The molecule has 126 valence electrons. The number of carbonyl (C=O) groups excluding carboxylic acids is 1. The third-order valence-electron chi connectivity index (χ3n) is 3.43. The molecule has 0 amide bonds. The molecule has 3 rings (SSSR count). The average Bonchev–Trinajstić information content (AvgIpc) is 3.06. The molecule has 0 spiro atoms. The van der Waals surface area contributed by atoms with Crippen LogP contribution in [-0.4, -0.2) is 36.2 Å². The molecule has 0 unspecified atom stereocenters. The van der Waals surface area contributed by atoms with E-state index in [2.05, 4.69) is 15.2 Å². The van der Waals surface area contributed by atoms with Gasteiger partial charge in [0.25, 0.3) is 5.69 Å². The Hall–Kier alpha value is -3.07. The average molecular weight is 355 g/mol. The zero-order chi connectivity index (χ0) is 17.8. The molecule has 0 aliphatic heterocycles. The van der Waals surface area contributed by atoms with Crippen LogP contribution < -0.4 is 0 Å². The fourth-order valence-corrected chi connectivity index (χ4v) is 2.86.